The van der Waals surface area contributed by atoms with Crippen LogP contribution in [0.2, 0.25) is 0 Å². The molecule has 0 N–H and O–H groups in total. The highest BCUT2D eigenvalue weighted by Gasteiger charge is 1.72. The van der Waals surface area contributed by atoms with Gasteiger partial charge in [0, 0.05) is 12.4 Å². The van der Waals surface area contributed by atoms with E-state index in [0.717, 1.165) is 0 Å². The second-order valence-electron chi connectivity index (χ2n) is 1.52. The Labute approximate surface area is 83.4 Å². The molecule has 0 bridgehead atoms. The molecule has 0 amide bonds. The molecule has 0 aliphatic carbocycles. The molecule has 1 aromatic heterocycles. The zero-order valence-electron chi connectivity index (χ0n) is 7.63. The summed E-state index contributed by atoms with van der Waals surface area (Å²) in [5, 5.41) is 0. The maximum atomic E-state index is 3.85. The van der Waals surface area contributed by atoms with E-state index in [0.29, 0.717) is 0 Å². The summed E-state index contributed by atoms with van der Waals surface area (Å²) in [7, 11) is 0. The topological polar surface area (TPSA) is 12.9 Å². The first-order valence-corrected chi connectivity index (χ1v) is 5.80. The molecule has 64 valence electrons. The van der Waals surface area contributed by atoms with Crippen LogP contribution in [-0.4, -0.2) is 9.91 Å². The zero-order chi connectivity index (χ0) is 9.11. The van der Waals surface area contributed by atoms with Gasteiger partial charge in [0.1, 0.15) is 0 Å². The predicted octanol–water partition coefficient (Wildman–Crippen LogP) is 3.47. The maximum absolute atomic E-state index is 3.85. The number of hydrogen-bond acceptors (Lipinski definition) is 1. The van der Waals surface area contributed by atoms with Gasteiger partial charge in [0.2, 0.25) is 0 Å². The van der Waals surface area contributed by atoms with Gasteiger partial charge in [0.15, 0.2) is 0 Å². The minimum absolute atomic E-state index is 1.26. The number of aryl methyl sites for hydroxylation is 1. The van der Waals surface area contributed by atoms with Crippen molar-refractivity contribution in [2.75, 3.05) is 4.93 Å². The molecular weight excluding hydrogens is 249 g/mol. The molecule has 0 aliphatic rings. The minimum Gasteiger partial charge on any atom is -0.265 e. The Morgan fingerprint density at radius 1 is 1.09 bits per heavy atom. The lowest BCUT2D eigenvalue weighted by atomic mass is 10.3. The highest BCUT2D eigenvalue weighted by Crippen LogP contribution is 1.88. The summed E-state index contributed by atoms with van der Waals surface area (Å²) in [4.78, 5) is 5.82. The van der Waals surface area contributed by atoms with Crippen LogP contribution in [0.3, 0.4) is 0 Å². The summed E-state index contributed by atoms with van der Waals surface area (Å²) in [6, 6.07) is 3.94. The quantitative estimate of drug-likeness (QED) is 0.517. The van der Waals surface area contributed by atoms with Gasteiger partial charge in [-0.2, -0.15) is 0 Å². The van der Waals surface area contributed by atoms with Gasteiger partial charge in [0.25, 0.3) is 0 Å². The standard InChI is InChI=1S/C6H7N.C2H6.CH3I/c1-6-2-4-7-5-3-6;2*1-2/h2-5H,1H3;1-2H3;1H3. The Kier molecular flexibility index (Phi) is 15.4. The van der Waals surface area contributed by atoms with Crippen LogP contribution in [0, 0.1) is 6.92 Å². The van der Waals surface area contributed by atoms with E-state index in [-0.39, 0.29) is 0 Å². The molecule has 1 nitrogen and oxygen atoms in total. The van der Waals surface area contributed by atoms with Crippen LogP contribution >= 0.6 is 22.6 Å². The zero-order valence-corrected chi connectivity index (χ0v) is 9.79. The third-order valence-corrected chi connectivity index (χ3v) is 0.847. The van der Waals surface area contributed by atoms with Gasteiger partial charge in [-0.3, -0.25) is 4.98 Å². The first kappa shape index (κ1) is 13.5. The second-order valence-corrected chi connectivity index (χ2v) is 1.52. The van der Waals surface area contributed by atoms with E-state index in [1.54, 1.807) is 12.4 Å². The Balaban J connectivity index is 0. The summed E-state index contributed by atoms with van der Waals surface area (Å²) in [6.45, 7) is 6.04. The molecule has 0 aromatic carbocycles. The molecule has 0 radical (unpaired) electrons. The van der Waals surface area contributed by atoms with Gasteiger partial charge in [-0.15, -0.1) is 0 Å². The van der Waals surface area contributed by atoms with Crippen LogP contribution in [0.1, 0.15) is 19.4 Å². The molecule has 0 atom stereocenters. The summed E-state index contributed by atoms with van der Waals surface area (Å²) in [5.41, 5.74) is 1.26. The van der Waals surface area contributed by atoms with E-state index >= 15 is 0 Å². The van der Waals surface area contributed by atoms with Crippen LogP contribution in [-0.2, 0) is 0 Å². The smallest absolute Gasteiger partial charge is 0.0270 e. The molecule has 0 fully saturated rings. The number of alkyl halides is 1. The molecule has 1 heterocycles. The summed E-state index contributed by atoms with van der Waals surface area (Å²) in [6.07, 6.45) is 3.57. The molecule has 0 saturated heterocycles. The third kappa shape index (κ3) is 9.88. The van der Waals surface area contributed by atoms with Crippen LogP contribution in [0.5, 0.6) is 0 Å². The second kappa shape index (κ2) is 12.5. The first-order valence-electron chi connectivity index (χ1n) is 3.64. The Morgan fingerprint density at radius 2 is 1.45 bits per heavy atom. The molecule has 0 spiro atoms. The summed E-state index contributed by atoms with van der Waals surface area (Å²) >= 11 is 2.15. The predicted molar refractivity (Wildman–Crippen MR) is 60.3 cm³/mol. The fraction of sp³-hybridized carbons (Fsp3) is 0.444. The molecule has 0 saturated carbocycles. The molecular formula is C9H16IN. The van der Waals surface area contributed by atoms with E-state index in [1.165, 1.54) is 5.56 Å². The van der Waals surface area contributed by atoms with Crippen molar-refractivity contribution in [2.45, 2.75) is 20.8 Å². The van der Waals surface area contributed by atoms with E-state index in [2.05, 4.69) is 27.6 Å². The van der Waals surface area contributed by atoms with E-state index in [4.69, 9.17) is 0 Å². The molecule has 1 rings (SSSR count). The van der Waals surface area contributed by atoms with Crippen molar-refractivity contribution < 1.29 is 0 Å². The van der Waals surface area contributed by atoms with Gasteiger partial charge in [0.05, 0.1) is 0 Å². The fourth-order valence-corrected chi connectivity index (χ4v) is 0.426. The monoisotopic (exact) mass is 265 g/mol. The van der Waals surface area contributed by atoms with E-state index in [1.807, 2.05) is 37.8 Å². The van der Waals surface area contributed by atoms with Crippen molar-refractivity contribution in [1.29, 1.82) is 0 Å². The average Bonchev–Trinajstić information content (AvgIpc) is 2.13. The normalized spacial score (nSPS) is 6.64. The van der Waals surface area contributed by atoms with Gasteiger partial charge in [-0.1, -0.05) is 36.4 Å². The molecule has 2 heteroatoms. The van der Waals surface area contributed by atoms with Crippen molar-refractivity contribution in [3.63, 3.8) is 0 Å². The Bertz CT molecular complexity index is 139. The van der Waals surface area contributed by atoms with Gasteiger partial charge < -0.3 is 0 Å². The lowest BCUT2D eigenvalue weighted by Crippen LogP contribution is -1.68. The fourth-order valence-electron chi connectivity index (χ4n) is 0.426. The number of rotatable bonds is 0. The molecule has 0 aliphatic heterocycles. The SMILES string of the molecule is CC.CI.Cc1ccncc1. The molecule has 1 aromatic rings. The lowest BCUT2D eigenvalue weighted by molar-refractivity contribution is 1.29. The maximum Gasteiger partial charge on any atom is 0.0270 e. The molecule has 0 unspecified atom stereocenters. The van der Waals surface area contributed by atoms with Crippen molar-refractivity contribution in [1.82, 2.24) is 4.98 Å². The van der Waals surface area contributed by atoms with E-state index in [9.17, 15) is 0 Å². The number of hydrogen-bond donors (Lipinski definition) is 0. The number of nitrogens with zero attached hydrogens (tertiary/aromatic N) is 1. The first-order chi connectivity index (χ1) is 5.39. The Morgan fingerprint density at radius 3 is 1.64 bits per heavy atom. The summed E-state index contributed by atoms with van der Waals surface area (Å²) in [5.74, 6) is 0. The van der Waals surface area contributed by atoms with Crippen molar-refractivity contribution in [3.05, 3.63) is 30.1 Å². The largest absolute Gasteiger partial charge is 0.265 e. The summed E-state index contributed by atoms with van der Waals surface area (Å²) < 4.78 is 0. The Hall–Kier alpha value is -0.120. The highest BCUT2D eigenvalue weighted by molar-refractivity contribution is 14.1. The van der Waals surface area contributed by atoms with Crippen LogP contribution in [0.25, 0.3) is 0 Å². The van der Waals surface area contributed by atoms with Gasteiger partial charge >= 0.3 is 0 Å². The highest BCUT2D eigenvalue weighted by atomic mass is 127. The molecule has 11 heavy (non-hydrogen) atoms. The number of halogens is 1. The number of pyridine rings is 1. The van der Waals surface area contributed by atoms with Crippen molar-refractivity contribution >= 4 is 22.6 Å². The van der Waals surface area contributed by atoms with Crippen LogP contribution in [0.15, 0.2) is 24.5 Å². The van der Waals surface area contributed by atoms with Gasteiger partial charge in [-0.05, 0) is 29.6 Å². The third-order valence-electron chi connectivity index (χ3n) is 0.847. The van der Waals surface area contributed by atoms with Gasteiger partial charge in [-0.25, -0.2) is 0 Å². The van der Waals surface area contributed by atoms with Crippen LogP contribution in [0.4, 0.5) is 0 Å². The van der Waals surface area contributed by atoms with E-state index < -0.39 is 0 Å². The minimum atomic E-state index is 1.26. The average molecular weight is 265 g/mol. The lowest BCUT2D eigenvalue weighted by Gasteiger charge is -1.82. The van der Waals surface area contributed by atoms with Crippen LogP contribution < -0.4 is 0 Å². The number of aromatic nitrogens is 1. The van der Waals surface area contributed by atoms with Crippen molar-refractivity contribution in [3.8, 4) is 0 Å². The van der Waals surface area contributed by atoms with Crippen molar-refractivity contribution in [2.24, 2.45) is 0 Å².